The Kier molecular flexibility index (Phi) is 6.61. The van der Waals surface area contributed by atoms with Gasteiger partial charge in [-0.2, -0.15) is 13.5 Å². The first-order valence-electron chi connectivity index (χ1n) is 7.22. The summed E-state index contributed by atoms with van der Waals surface area (Å²) in [5, 5.41) is 14.4. The zero-order valence-corrected chi connectivity index (χ0v) is 14.3. The molecule has 1 atom stereocenters. The molecule has 0 aromatic rings. The molecule has 2 N–H and O–H groups in total. The van der Waals surface area contributed by atoms with Crippen molar-refractivity contribution in [2.45, 2.75) is 26.7 Å². The lowest BCUT2D eigenvalue weighted by atomic mass is 9.91. The predicted molar refractivity (Wildman–Crippen MR) is 88.8 cm³/mol. The molecule has 24 heavy (non-hydrogen) atoms. The molecule has 0 fully saturated rings. The molecule has 0 saturated carbocycles. The maximum absolute atomic E-state index is 12.2. The van der Waals surface area contributed by atoms with Gasteiger partial charge < -0.3 is 5.11 Å². The molecule has 1 heterocycles. The van der Waals surface area contributed by atoms with Gasteiger partial charge in [-0.15, -0.1) is 0 Å². The van der Waals surface area contributed by atoms with Crippen LogP contribution in [0, 0.1) is 5.92 Å². The van der Waals surface area contributed by atoms with Gasteiger partial charge >= 0.3 is 5.97 Å². The lowest BCUT2D eigenvalue weighted by molar-refractivity contribution is -0.132. The molecule has 0 aromatic heterocycles. The summed E-state index contributed by atoms with van der Waals surface area (Å²) in [6.45, 7) is 6.44. The molecule has 8 nitrogen and oxygen atoms in total. The normalized spacial score (nSPS) is 20.0. The number of nitrogens with zero attached hydrogens (tertiary/aromatic N) is 2. The van der Waals surface area contributed by atoms with Crippen LogP contribution in [0.15, 0.2) is 40.5 Å². The van der Waals surface area contributed by atoms with Crippen LogP contribution in [0.1, 0.15) is 26.7 Å². The Hall–Kier alpha value is -2.26. The highest BCUT2D eigenvalue weighted by Gasteiger charge is 2.34. The minimum Gasteiger partial charge on any atom is -0.477 e. The van der Waals surface area contributed by atoms with E-state index in [4.69, 9.17) is 4.55 Å². The molecule has 0 saturated heterocycles. The highest BCUT2D eigenvalue weighted by atomic mass is 32.2. The third-order valence-electron chi connectivity index (χ3n) is 3.45. The van der Waals surface area contributed by atoms with Gasteiger partial charge in [0.2, 0.25) is 0 Å². The number of Topliss-reactive ketones (excluding diaryl/α,β-unsaturated/α-hetero) is 1. The Morgan fingerprint density at radius 1 is 1.46 bits per heavy atom. The number of carboxylic acids is 1. The summed E-state index contributed by atoms with van der Waals surface area (Å²) in [4.78, 5) is 23.3. The molecule has 0 bridgehead atoms. The van der Waals surface area contributed by atoms with Gasteiger partial charge in [-0.25, -0.2) is 4.79 Å². The Bertz CT molecular complexity index is 733. The number of aliphatic carboxylic acids is 1. The number of hydrogen-bond acceptors (Lipinski definition) is 6. The van der Waals surface area contributed by atoms with E-state index in [9.17, 15) is 23.1 Å². The molecule has 132 valence electrons. The average molecular weight is 356 g/mol. The zero-order chi connectivity index (χ0) is 18.5. The first kappa shape index (κ1) is 19.8. The van der Waals surface area contributed by atoms with Crippen LogP contribution in [0.5, 0.6) is 0 Å². The van der Waals surface area contributed by atoms with E-state index in [0.29, 0.717) is 12.8 Å². The van der Waals surface area contributed by atoms with Crippen molar-refractivity contribution in [3.8, 4) is 0 Å². The second-order valence-electron chi connectivity index (χ2n) is 5.20. The quantitative estimate of drug-likeness (QED) is 0.524. The summed E-state index contributed by atoms with van der Waals surface area (Å²) in [6.07, 6.45) is 4.75. The molecule has 1 rings (SSSR count). The second kappa shape index (κ2) is 8.02. The molecule has 0 aromatic carbocycles. The molecular formula is C15H20N2O6S. The monoisotopic (exact) mass is 356 g/mol. The largest absolute Gasteiger partial charge is 0.477 e. The lowest BCUT2D eigenvalue weighted by Crippen LogP contribution is -2.42. The van der Waals surface area contributed by atoms with E-state index < -0.39 is 22.0 Å². The van der Waals surface area contributed by atoms with Gasteiger partial charge in [0.15, 0.2) is 11.5 Å². The Morgan fingerprint density at radius 2 is 2.08 bits per heavy atom. The van der Waals surface area contributed by atoms with Crippen LogP contribution in [-0.2, 0) is 19.7 Å². The number of allylic oxidation sites excluding steroid dienone is 4. The second-order valence-corrected chi connectivity index (χ2v) is 6.80. The number of rotatable bonds is 7. The first-order valence-corrected chi connectivity index (χ1v) is 8.66. The van der Waals surface area contributed by atoms with Crippen molar-refractivity contribution in [1.29, 1.82) is 0 Å². The highest BCUT2D eigenvalue weighted by Crippen LogP contribution is 2.21. The van der Waals surface area contributed by atoms with Crippen molar-refractivity contribution in [2.75, 3.05) is 6.54 Å². The molecule has 1 unspecified atom stereocenters. The Balaban J connectivity index is 3.26. The highest BCUT2D eigenvalue weighted by molar-refractivity contribution is 7.89. The van der Waals surface area contributed by atoms with Gasteiger partial charge in [0.25, 0.3) is 10.1 Å². The van der Waals surface area contributed by atoms with Crippen LogP contribution in [0.2, 0.25) is 0 Å². The third kappa shape index (κ3) is 4.87. The van der Waals surface area contributed by atoms with Gasteiger partial charge in [-0.3, -0.25) is 14.4 Å². The van der Waals surface area contributed by atoms with E-state index in [2.05, 4.69) is 11.7 Å². The predicted octanol–water partition coefficient (Wildman–Crippen LogP) is 1.59. The molecule has 0 aliphatic carbocycles. The van der Waals surface area contributed by atoms with Crippen LogP contribution in [0.3, 0.4) is 0 Å². The smallest absolute Gasteiger partial charge is 0.352 e. The number of carboxylic acid groups (broad SMARTS) is 1. The van der Waals surface area contributed by atoms with E-state index >= 15 is 0 Å². The number of carbonyl (C=O) groups is 2. The standard InChI is InChI=1S/C15H20N2O6S/c1-4-6-12-13(18)9-17(16-14(12)15(19)20)11(5-2)8-7-10(3)24(21,22)23/h5,7-8,12H,2,4,6,9H2,1,3H3,(H,19,20)(H,21,22,23)/b10-7+,11-8+. The summed E-state index contributed by atoms with van der Waals surface area (Å²) >= 11 is 0. The third-order valence-corrected chi connectivity index (χ3v) is 4.40. The van der Waals surface area contributed by atoms with Crippen molar-refractivity contribution in [3.63, 3.8) is 0 Å². The van der Waals surface area contributed by atoms with Crippen molar-refractivity contribution < 1.29 is 27.7 Å². The lowest BCUT2D eigenvalue weighted by Gasteiger charge is -2.28. The van der Waals surface area contributed by atoms with Gasteiger partial charge in [0.05, 0.1) is 16.5 Å². The molecule has 0 radical (unpaired) electrons. The molecular weight excluding hydrogens is 336 g/mol. The molecule has 1 aliphatic rings. The van der Waals surface area contributed by atoms with Gasteiger partial charge in [0.1, 0.15) is 6.54 Å². The maximum atomic E-state index is 12.2. The fourth-order valence-electron chi connectivity index (χ4n) is 2.12. The van der Waals surface area contributed by atoms with Crippen molar-refractivity contribution in [2.24, 2.45) is 11.0 Å². The van der Waals surface area contributed by atoms with Gasteiger partial charge in [-0.05, 0) is 31.6 Å². The fraction of sp³-hybridized carbons (Fsp3) is 0.400. The van der Waals surface area contributed by atoms with Gasteiger partial charge in [-0.1, -0.05) is 19.9 Å². The van der Waals surface area contributed by atoms with Crippen LogP contribution in [0.25, 0.3) is 0 Å². The van der Waals surface area contributed by atoms with Crippen LogP contribution >= 0.6 is 0 Å². The van der Waals surface area contributed by atoms with E-state index in [0.717, 1.165) is 11.1 Å². The number of carbonyl (C=O) groups excluding carboxylic acids is 1. The molecule has 0 amide bonds. The minimum absolute atomic E-state index is 0.141. The van der Waals surface area contributed by atoms with Crippen LogP contribution < -0.4 is 0 Å². The van der Waals surface area contributed by atoms with Crippen LogP contribution in [0.4, 0.5) is 0 Å². The Morgan fingerprint density at radius 3 is 2.54 bits per heavy atom. The average Bonchev–Trinajstić information content (AvgIpc) is 2.48. The number of ketones is 1. The fourth-order valence-corrected chi connectivity index (χ4v) is 2.36. The van der Waals surface area contributed by atoms with Crippen LogP contribution in [-0.4, -0.2) is 47.1 Å². The van der Waals surface area contributed by atoms with E-state index in [1.54, 1.807) is 0 Å². The topological polar surface area (TPSA) is 124 Å². The van der Waals surface area contributed by atoms with E-state index in [1.807, 2.05) is 6.92 Å². The SMILES string of the molecule is C=C/C(=C\C=C(/C)S(=O)(=O)O)N1CC(=O)C(CCC)C(C(=O)O)=N1. The molecule has 9 heteroatoms. The van der Waals surface area contributed by atoms with Crippen molar-refractivity contribution in [3.05, 3.63) is 35.4 Å². The van der Waals surface area contributed by atoms with E-state index in [-0.39, 0.29) is 28.6 Å². The number of hydrogen-bond donors (Lipinski definition) is 2. The summed E-state index contributed by atoms with van der Waals surface area (Å²) in [6, 6.07) is 0. The first-order chi connectivity index (χ1) is 11.1. The minimum atomic E-state index is -4.32. The molecule has 0 spiro atoms. The van der Waals surface area contributed by atoms with Crippen molar-refractivity contribution in [1.82, 2.24) is 5.01 Å². The Labute approximate surface area is 140 Å². The maximum Gasteiger partial charge on any atom is 0.352 e. The summed E-state index contributed by atoms with van der Waals surface area (Å²) in [5.74, 6) is -2.32. The van der Waals surface area contributed by atoms with E-state index in [1.165, 1.54) is 19.1 Å². The summed E-state index contributed by atoms with van der Waals surface area (Å²) in [7, 11) is -4.32. The number of hydrazone groups is 1. The zero-order valence-electron chi connectivity index (χ0n) is 13.5. The summed E-state index contributed by atoms with van der Waals surface area (Å²) < 4.78 is 30.9. The van der Waals surface area contributed by atoms with Gasteiger partial charge in [0, 0.05) is 0 Å². The summed E-state index contributed by atoms with van der Waals surface area (Å²) in [5.41, 5.74) is -0.0172. The molecule has 1 aliphatic heterocycles. The van der Waals surface area contributed by atoms with Crippen molar-refractivity contribution >= 4 is 27.6 Å².